The largest absolute Gasteiger partial charge is 0.497 e. The first-order chi connectivity index (χ1) is 16.4. The number of hydrogen-bond acceptors (Lipinski definition) is 7. The molecule has 1 unspecified atom stereocenters. The molecule has 34 heavy (non-hydrogen) atoms. The van der Waals surface area contributed by atoms with E-state index in [0.717, 1.165) is 10.9 Å². The maximum Gasteiger partial charge on any atom is 0.338 e. The van der Waals surface area contributed by atoms with Crippen LogP contribution in [0.5, 0.6) is 11.5 Å². The Labute approximate surface area is 195 Å². The molecule has 2 heterocycles. The molecule has 0 spiro atoms. The first-order valence-corrected chi connectivity index (χ1v) is 10.7. The number of benzene rings is 2. The van der Waals surface area contributed by atoms with Gasteiger partial charge in [-0.2, -0.15) is 0 Å². The summed E-state index contributed by atoms with van der Waals surface area (Å²) in [7, 11) is 1.56. The van der Waals surface area contributed by atoms with Gasteiger partial charge in [-0.15, -0.1) is 0 Å². The predicted octanol–water partition coefficient (Wildman–Crippen LogP) is 3.36. The van der Waals surface area contributed by atoms with Crippen LogP contribution in [-0.2, 0) is 9.53 Å². The summed E-state index contributed by atoms with van der Waals surface area (Å²) >= 11 is 0. The zero-order valence-corrected chi connectivity index (χ0v) is 19.0. The fourth-order valence-electron chi connectivity index (χ4n) is 3.78. The molecule has 0 bridgehead atoms. The molecule has 0 radical (unpaired) electrons. The topological polar surface area (TPSA) is 116 Å². The molecule has 176 valence electrons. The van der Waals surface area contributed by atoms with Crippen molar-refractivity contribution in [3.05, 3.63) is 81.3 Å². The molecule has 4 rings (SSSR count). The first-order valence-electron chi connectivity index (χ1n) is 10.7. The average molecular weight is 464 g/mol. The van der Waals surface area contributed by atoms with E-state index in [4.69, 9.17) is 18.6 Å². The number of amides is 2. The van der Waals surface area contributed by atoms with E-state index >= 15 is 0 Å². The maximum atomic E-state index is 12.9. The van der Waals surface area contributed by atoms with Gasteiger partial charge < -0.3 is 29.3 Å². The predicted molar refractivity (Wildman–Crippen MR) is 124 cm³/mol. The van der Waals surface area contributed by atoms with Gasteiger partial charge in [0.05, 0.1) is 31.0 Å². The summed E-state index contributed by atoms with van der Waals surface area (Å²) < 4.78 is 21.6. The number of methoxy groups -OCH3 is 1. The summed E-state index contributed by atoms with van der Waals surface area (Å²) in [6, 6.07) is 12.3. The summed E-state index contributed by atoms with van der Waals surface area (Å²) in [6.07, 6.45) is 0. The first kappa shape index (κ1) is 22.9. The lowest BCUT2D eigenvalue weighted by atomic mass is 9.95. The zero-order valence-electron chi connectivity index (χ0n) is 19.0. The maximum absolute atomic E-state index is 12.9. The molecule has 9 nitrogen and oxygen atoms in total. The van der Waals surface area contributed by atoms with Crippen molar-refractivity contribution in [2.24, 2.45) is 0 Å². The molecule has 1 aromatic heterocycles. The Bertz CT molecular complexity index is 1330. The van der Waals surface area contributed by atoms with Crippen molar-refractivity contribution in [2.45, 2.75) is 19.9 Å². The molecule has 0 saturated carbocycles. The van der Waals surface area contributed by atoms with E-state index in [0.29, 0.717) is 22.6 Å². The van der Waals surface area contributed by atoms with Gasteiger partial charge in [0, 0.05) is 17.5 Å². The van der Waals surface area contributed by atoms with Gasteiger partial charge in [0.1, 0.15) is 23.7 Å². The van der Waals surface area contributed by atoms with Crippen LogP contribution in [0.3, 0.4) is 0 Å². The number of carbonyl (C=O) groups is 2. The summed E-state index contributed by atoms with van der Waals surface area (Å²) in [6.45, 7) is 3.58. The quantitative estimate of drug-likeness (QED) is 0.407. The van der Waals surface area contributed by atoms with E-state index in [1.165, 1.54) is 6.07 Å². The smallest absolute Gasteiger partial charge is 0.338 e. The van der Waals surface area contributed by atoms with E-state index in [2.05, 4.69) is 10.6 Å². The zero-order chi connectivity index (χ0) is 24.2. The highest BCUT2D eigenvalue weighted by Gasteiger charge is 2.34. The van der Waals surface area contributed by atoms with Crippen LogP contribution in [-0.4, -0.2) is 32.3 Å². The minimum absolute atomic E-state index is 0.115. The normalized spacial score (nSPS) is 15.5. The number of esters is 1. The van der Waals surface area contributed by atoms with E-state index < -0.39 is 23.7 Å². The molecule has 2 N–H and O–H groups in total. The van der Waals surface area contributed by atoms with Crippen molar-refractivity contribution >= 4 is 23.0 Å². The molecular weight excluding hydrogens is 440 g/mol. The minimum atomic E-state index is -0.741. The Kier molecular flexibility index (Phi) is 6.53. The van der Waals surface area contributed by atoms with Crippen molar-refractivity contribution in [1.29, 1.82) is 0 Å². The number of hydrogen-bond donors (Lipinski definition) is 2. The van der Waals surface area contributed by atoms with Crippen LogP contribution in [0.2, 0.25) is 0 Å². The number of nitrogens with one attached hydrogen (secondary N) is 2. The van der Waals surface area contributed by atoms with E-state index in [9.17, 15) is 14.4 Å². The van der Waals surface area contributed by atoms with Gasteiger partial charge in [-0.05, 0) is 49.2 Å². The number of ether oxygens (including phenoxy) is 3. The summed E-state index contributed by atoms with van der Waals surface area (Å²) in [5.41, 5.74) is 1.90. The van der Waals surface area contributed by atoms with Gasteiger partial charge in [-0.3, -0.25) is 0 Å². The lowest BCUT2D eigenvalue weighted by Crippen LogP contribution is -2.47. The van der Waals surface area contributed by atoms with Crippen LogP contribution in [0.4, 0.5) is 4.79 Å². The second-order valence-corrected chi connectivity index (χ2v) is 7.61. The molecular formula is C25H24N2O7. The van der Waals surface area contributed by atoms with Gasteiger partial charge in [0.25, 0.3) is 0 Å². The van der Waals surface area contributed by atoms with Crippen LogP contribution >= 0.6 is 0 Å². The molecule has 9 heteroatoms. The minimum Gasteiger partial charge on any atom is -0.497 e. The lowest BCUT2D eigenvalue weighted by Gasteiger charge is -2.29. The highest BCUT2D eigenvalue weighted by Crippen LogP contribution is 2.30. The van der Waals surface area contributed by atoms with Crippen molar-refractivity contribution < 1.29 is 28.2 Å². The number of fused-ring (bicyclic) bond motifs is 1. The molecule has 3 aromatic rings. The standard InChI is InChI=1S/C25H24N2O7/c1-4-32-24(29)22-19(26-25(30)27-23(22)15-5-7-16(31-3)8-6-15)13-33-17-9-10-18-14(2)11-21(28)34-20(18)12-17/h5-12,23H,4,13H2,1-3H3,(H2,26,27,30). The number of urea groups is 1. The highest BCUT2D eigenvalue weighted by molar-refractivity contribution is 5.95. The Balaban J connectivity index is 1.68. The number of rotatable bonds is 7. The van der Waals surface area contributed by atoms with Crippen LogP contribution in [0, 0.1) is 6.92 Å². The lowest BCUT2D eigenvalue weighted by molar-refractivity contribution is -0.139. The number of carbonyl (C=O) groups excluding carboxylic acids is 2. The van der Waals surface area contributed by atoms with E-state index in [1.54, 1.807) is 56.5 Å². The van der Waals surface area contributed by atoms with Crippen LogP contribution in [0.15, 0.2) is 69.0 Å². The Morgan fingerprint density at radius 2 is 1.79 bits per heavy atom. The van der Waals surface area contributed by atoms with Crippen molar-refractivity contribution in [3.8, 4) is 11.5 Å². The Morgan fingerprint density at radius 1 is 1.06 bits per heavy atom. The van der Waals surface area contributed by atoms with Crippen molar-refractivity contribution in [3.63, 3.8) is 0 Å². The molecule has 2 amide bonds. The molecule has 0 fully saturated rings. The SMILES string of the molecule is CCOC(=O)C1=C(COc2ccc3c(C)cc(=O)oc3c2)NC(=O)NC1c1ccc(OC)cc1. The summed E-state index contributed by atoms with van der Waals surface area (Å²) in [5.74, 6) is 0.479. The van der Waals surface area contributed by atoms with Gasteiger partial charge in [-0.25, -0.2) is 14.4 Å². The third-order valence-electron chi connectivity index (χ3n) is 5.40. The Hall–Kier alpha value is -4.27. The highest BCUT2D eigenvalue weighted by atomic mass is 16.5. The molecule has 2 aromatic carbocycles. The van der Waals surface area contributed by atoms with Crippen molar-refractivity contribution in [2.75, 3.05) is 20.3 Å². The van der Waals surface area contributed by atoms with Gasteiger partial charge in [-0.1, -0.05) is 12.1 Å². The van der Waals surface area contributed by atoms with Crippen LogP contribution in [0.1, 0.15) is 24.1 Å². The monoisotopic (exact) mass is 464 g/mol. The third-order valence-corrected chi connectivity index (χ3v) is 5.40. The Morgan fingerprint density at radius 3 is 2.50 bits per heavy atom. The molecule has 1 aliphatic heterocycles. The van der Waals surface area contributed by atoms with Gasteiger partial charge in [0.2, 0.25) is 0 Å². The summed E-state index contributed by atoms with van der Waals surface area (Å²) in [5, 5.41) is 6.21. The fourth-order valence-corrected chi connectivity index (χ4v) is 3.78. The summed E-state index contributed by atoms with van der Waals surface area (Å²) in [4.78, 5) is 37.0. The van der Waals surface area contributed by atoms with E-state index in [-0.39, 0.29) is 24.5 Å². The second kappa shape index (κ2) is 9.70. The average Bonchev–Trinajstić information content (AvgIpc) is 2.82. The number of aryl methyl sites for hydroxylation is 1. The van der Waals surface area contributed by atoms with Crippen LogP contribution in [0.25, 0.3) is 11.0 Å². The van der Waals surface area contributed by atoms with Gasteiger partial charge >= 0.3 is 17.6 Å². The van der Waals surface area contributed by atoms with E-state index in [1.807, 2.05) is 6.92 Å². The molecule has 1 atom stereocenters. The fraction of sp³-hybridized carbons (Fsp3) is 0.240. The third kappa shape index (κ3) is 4.73. The van der Waals surface area contributed by atoms with Crippen LogP contribution < -0.4 is 25.7 Å². The molecule has 1 aliphatic rings. The molecule has 0 saturated heterocycles. The molecule has 0 aliphatic carbocycles. The van der Waals surface area contributed by atoms with Crippen molar-refractivity contribution in [1.82, 2.24) is 10.6 Å². The second-order valence-electron chi connectivity index (χ2n) is 7.61. The van der Waals surface area contributed by atoms with Gasteiger partial charge in [0.15, 0.2) is 0 Å².